The zero-order chi connectivity index (χ0) is 20.4. The highest BCUT2D eigenvalue weighted by Crippen LogP contribution is 2.25. The van der Waals surface area contributed by atoms with Gasteiger partial charge in [0.1, 0.15) is 11.6 Å². The predicted octanol–water partition coefficient (Wildman–Crippen LogP) is 3.21. The molecule has 0 unspecified atom stereocenters. The van der Waals surface area contributed by atoms with E-state index in [1.54, 1.807) is 7.11 Å². The Morgan fingerprint density at radius 2 is 1.79 bits per heavy atom. The van der Waals surface area contributed by atoms with Gasteiger partial charge in [0.25, 0.3) is 5.91 Å². The van der Waals surface area contributed by atoms with E-state index in [0.29, 0.717) is 11.5 Å². The molecule has 7 heteroatoms. The van der Waals surface area contributed by atoms with Gasteiger partial charge in [0.2, 0.25) is 5.82 Å². The maximum Gasteiger partial charge on any atom is 0.289 e. The van der Waals surface area contributed by atoms with Gasteiger partial charge >= 0.3 is 0 Å². The van der Waals surface area contributed by atoms with E-state index in [1.807, 2.05) is 70.1 Å². The monoisotopic (exact) mass is 379 g/mol. The van der Waals surface area contributed by atoms with Crippen molar-refractivity contribution in [1.29, 1.82) is 0 Å². The standard InChI is InChI=1S/C21H25N5O2/c1-12-11-13(2)22-18-17(12)20(26(4)5)25-19(24-18)21(27)23-14(3)15-7-9-16(28-6)10-8-15/h7-11,14H,1-6H3,(H,23,27)/t14-/m0/s1. The topological polar surface area (TPSA) is 80.2 Å². The van der Waals surface area contributed by atoms with Gasteiger partial charge in [-0.2, -0.15) is 0 Å². The number of ether oxygens (including phenoxy) is 1. The molecule has 1 N–H and O–H groups in total. The normalized spacial score (nSPS) is 11.9. The summed E-state index contributed by atoms with van der Waals surface area (Å²) in [5.74, 6) is 1.22. The maximum atomic E-state index is 12.8. The molecule has 3 rings (SSSR count). The van der Waals surface area contributed by atoms with E-state index >= 15 is 0 Å². The summed E-state index contributed by atoms with van der Waals surface area (Å²) in [4.78, 5) is 28.2. The Kier molecular flexibility index (Phi) is 5.44. The van der Waals surface area contributed by atoms with E-state index < -0.39 is 0 Å². The Bertz CT molecular complexity index is 1020. The number of fused-ring (bicyclic) bond motifs is 1. The van der Waals surface area contributed by atoms with E-state index in [2.05, 4.69) is 20.3 Å². The summed E-state index contributed by atoms with van der Waals surface area (Å²) in [5.41, 5.74) is 3.38. The van der Waals surface area contributed by atoms with E-state index in [4.69, 9.17) is 4.74 Å². The molecule has 1 aromatic carbocycles. The summed E-state index contributed by atoms with van der Waals surface area (Å²) in [7, 11) is 5.41. The first-order valence-corrected chi connectivity index (χ1v) is 9.08. The van der Waals surface area contributed by atoms with Crippen molar-refractivity contribution in [3.63, 3.8) is 0 Å². The number of pyridine rings is 1. The smallest absolute Gasteiger partial charge is 0.289 e. The number of hydrogen-bond donors (Lipinski definition) is 1. The predicted molar refractivity (Wildman–Crippen MR) is 110 cm³/mol. The third-order valence-electron chi connectivity index (χ3n) is 4.56. The highest BCUT2D eigenvalue weighted by atomic mass is 16.5. The highest BCUT2D eigenvalue weighted by molar-refractivity contribution is 5.96. The van der Waals surface area contributed by atoms with Gasteiger partial charge in [-0.1, -0.05) is 12.1 Å². The number of amides is 1. The Balaban J connectivity index is 1.94. The number of rotatable bonds is 5. The van der Waals surface area contributed by atoms with Crippen molar-refractivity contribution in [2.24, 2.45) is 0 Å². The summed E-state index contributed by atoms with van der Waals surface area (Å²) < 4.78 is 5.18. The molecule has 0 spiro atoms. The molecule has 28 heavy (non-hydrogen) atoms. The SMILES string of the molecule is COc1ccc([C@H](C)NC(=O)c2nc(N(C)C)c3c(C)cc(C)nc3n2)cc1. The summed E-state index contributed by atoms with van der Waals surface area (Å²) in [6.07, 6.45) is 0. The second-order valence-electron chi connectivity index (χ2n) is 7.01. The number of anilines is 1. The van der Waals surface area contributed by atoms with Gasteiger partial charge in [-0.15, -0.1) is 0 Å². The molecule has 0 aliphatic carbocycles. The fourth-order valence-corrected chi connectivity index (χ4v) is 3.12. The van der Waals surface area contributed by atoms with Gasteiger partial charge < -0.3 is 15.0 Å². The van der Waals surface area contributed by atoms with Gasteiger partial charge in [0.15, 0.2) is 5.65 Å². The fourth-order valence-electron chi connectivity index (χ4n) is 3.12. The Morgan fingerprint density at radius 3 is 2.39 bits per heavy atom. The van der Waals surface area contributed by atoms with E-state index in [0.717, 1.165) is 28.0 Å². The molecular formula is C21H25N5O2. The van der Waals surface area contributed by atoms with Gasteiger partial charge in [-0.3, -0.25) is 4.79 Å². The molecule has 1 amide bonds. The highest BCUT2D eigenvalue weighted by Gasteiger charge is 2.19. The lowest BCUT2D eigenvalue weighted by molar-refractivity contribution is 0.0929. The van der Waals surface area contributed by atoms with Crippen LogP contribution in [0.5, 0.6) is 5.75 Å². The number of benzene rings is 1. The van der Waals surface area contributed by atoms with Crippen molar-refractivity contribution in [2.45, 2.75) is 26.8 Å². The van der Waals surface area contributed by atoms with Crippen molar-refractivity contribution in [3.05, 3.63) is 53.0 Å². The average Bonchev–Trinajstić information content (AvgIpc) is 2.66. The number of hydrogen-bond acceptors (Lipinski definition) is 6. The lowest BCUT2D eigenvalue weighted by atomic mass is 10.1. The minimum Gasteiger partial charge on any atom is -0.497 e. The zero-order valence-corrected chi connectivity index (χ0v) is 17.1. The lowest BCUT2D eigenvalue weighted by Crippen LogP contribution is -2.29. The molecule has 146 valence electrons. The van der Waals surface area contributed by atoms with Crippen LogP contribution >= 0.6 is 0 Å². The molecule has 0 saturated heterocycles. The van der Waals surface area contributed by atoms with Crippen molar-refractivity contribution in [2.75, 3.05) is 26.1 Å². The van der Waals surface area contributed by atoms with E-state index in [1.165, 1.54) is 0 Å². The van der Waals surface area contributed by atoms with Gasteiger partial charge in [-0.25, -0.2) is 15.0 Å². The first-order valence-electron chi connectivity index (χ1n) is 9.08. The largest absolute Gasteiger partial charge is 0.497 e. The van der Waals surface area contributed by atoms with Crippen LogP contribution in [0.25, 0.3) is 11.0 Å². The second-order valence-corrected chi connectivity index (χ2v) is 7.01. The third-order valence-corrected chi connectivity index (χ3v) is 4.56. The maximum absolute atomic E-state index is 12.8. The summed E-state index contributed by atoms with van der Waals surface area (Å²) >= 11 is 0. The summed E-state index contributed by atoms with van der Waals surface area (Å²) in [5, 5.41) is 3.82. The number of carbonyl (C=O) groups excluding carboxylic acids is 1. The van der Waals surface area contributed by atoms with Gasteiger partial charge in [0.05, 0.1) is 18.5 Å². The van der Waals surface area contributed by atoms with Crippen molar-refractivity contribution < 1.29 is 9.53 Å². The number of aromatic nitrogens is 3. The minimum absolute atomic E-state index is 0.106. The average molecular weight is 379 g/mol. The Labute approximate surface area is 164 Å². The molecule has 2 heterocycles. The van der Waals surface area contributed by atoms with Crippen LogP contribution in [0.1, 0.15) is 40.4 Å². The van der Waals surface area contributed by atoms with Crippen LogP contribution in [0.15, 0.2) is 30.3 Å². The molecular weight excluding hydrogens is 354 g/mol. The third kappa shape index (κ3) is 3.88. The molecule has 7 nitrogen and oxygen atoms in total. The number of aryl methyl sites for hydroxylation is 2. The first-order chi connectivity index (χ1) is 13.3. The van der Waals surface area contributed by atoms with E-state index in [-0.39, 0.29) is 17.8 Å². The van der Waals surface area contributed by atoms with E-state index in [9.17, 15) is 4.79 Å². The zero-order valence-electron chi connectivity index (χ0n) is 17.1. The molecule has 0 radical (unpaired) electrons. The lowest BCUT2D eigenvalue weighted by Gasteiger charge is -2.18. The van der Waals surface area contributed by atoms with Crippen LogP contribution in [-0.4, -0.2) is 42.1 Å². The van der Waals surface area contributed by atoms with Crippen LogP contribution in [0.3, 0.4) is 0 Å². The second kappa shape index (κ2) is 7.80. The minimum atomic E-state index is -0.339. The molecule has 0 aliphatic rings. The van der Waals surface area contributed by atoms with Crippen LogP contribution in [-0.2, 0) is 0 Å². The molecule has 3 aromatic rings. The van der Waals surface area contributed by atoms with Crippen LogP contribution in [0.2, 0.25) is 0 Å². The molecule has 0 fully saturated rings. The van der Waals surface area contributed by atoms with Crippen LogP contribution in [0.4, 0.5) is 5.82 Å². The fraction of sp³-hybridized carbons (Fsp3) is 0.333. The number of nitrogens with one attached hydrogen (secondary N) is 1. The Morgan fingerprint density at radius 1 is 1.11 bits per heavy atom. The number of methoxy groups -OCH3 is 1. The molecule has 0 aliphatic heterocycles. The quantitative estimate of drug-likeness (QED) is 0.733. The number of carbonyl (C=O) groups is 1. The van der Waals surface area contributed by atoms with Crippen LogP contribution < -0.4 is 15.0 Å². The molecule has 2 aromatic heterocycles. The van der Waals surface area contributed by atoms with Crippen LogP contribution in [0, 0.1) is 13.8 Å². The van der Waals surface area contributed by atoms with Crippen molar-refractivity contribution >= 4 is 22.8 Å². The summed E-state index contributed by atoms with van der Waals surface area (Å²) in [6.45, 7) is 5.83. The van der Waals surface area contributed by atoms with Crippen molar-refractivity contribution in [3.8, 4) is 5.75 Å². The molecule has 0 bridgehead atoms. The molecule has 1 atom stereocenters. The van der Waals surface area contributed by atoms with Gasteiger partial charge in [0, 0.05) is 19.8 Å². The number of nitrogens with zero attached hydrogens (tertiary/aromatic N) is 4. The molecule has 0 saturated carbocycles. The summed E-state index contributed by atoms with van der Waals surface area (Å²) in [6, 6.07) is 9.36. The van der Waals surface area contributed by atoms with Crippen molar-refractivity contribution in [1.82, 2.24) is 20.3 Å². The van der Waals surface area contributed by atoms with Gasteiger partial charge in [-0.05, 0) is 50.1 Å². The Hall–Kier alpha value is -3.22. The first kappa shape index (κ1) is 19.5.